The third kappa shape index (κ3) is 3.33. The zero-order valence-electron chi connectivity index (χ0n) is 13.1. The van der Waals surface area contributed by atoms with E-state index >= 15 is 0 Å². The predicted molar refractivity (Wildman–Crippen MR) is 88.4 cm³/mol. The highest BCUT2D eigenvalue weighted by Gasteiger charge is 2.27. The number of nitro groups is 1. The highest BCUT2D eigenvalue weighted by Crippen LogP contribution is 2.31. The molecule has 1 aliphatic heterocycles. The highest BCUT2D eigenvalue weighted by atomic mass is 16.6. The lowest BCUT2D eigenvalue weighted by atomic mass is 10.1. The Balaban J connectivity index is 1.69. The Morgan fingerprint density at radius 2 is 1.70 bits per heavy atom. The molecule has 2 atom stereocenters. The first-order chi connectivity index (χ1) is 11.0. The highest BCUT2D eigenvalue weighted by molar-refractivity contribution is 5.46. The maximum Gasteiger partial charge on any atom is 0.269 e. The van der Waals surface area contributed by atoms with E-state index in [0.717, 1.165) is 16.8 Å². The monoisotopic (exact) mass is 313 g/mol. The van der Waals surface area contributed by atoms with Crippen molar-refractivity contribution in [1.82, 2.24) is 5.32 Å². The summed E-state index contributed by atoms with van der Waals surface area (Å²) in [4.78, 5) is 12.4. The average Bonchev–Trinajstić information content (AvgIpc) is 3.05. The van der Waals surface area contributed by atoms with Crippen molar-refractivity contribution in [2.45, 2.75) is 12.3 Å². The first kappa shape index (κ1) is 15.5. The molecule has 0 spiro atoms. The van der Waals surface area contributed by atoms with Crippen molar-refractivity contribution in [2.75, 3.05) is 25.5 Å². The van der Waals surface area contributed by atoms with Crippen LogP contribution in [0, 0.1) is 10.1 Å². The minimum atomic E-state index is -0.396. The second kappa shape index (κ2) is 6.36. The maximum atomic E-state index is 10.7. The molecule has 3 rings (SSSR count). The fourth-order valence-corrected chi connectivity index (χ4v) is 2.63. The number of nitrogens with zero attached hydrogens (tertiary/aromatic N) is 2. The van der Waals surface area contributed by atoms with E-state index in [1.807, 2.05) is 31.1 Å². The van der Waals surface area contributed by atoms with E-state index < -0.39 is 4.92 Å². The van der Waals surface area contributed by atoms with Crippen LogP contribution in [0.25, 0.3) is 0 Å². The molecule has 1 N–H and O–H groups in total. The number of hydrogen-bond donors (Lipinski definition) is 1. The molecule has 2 aromatic rings. The van der Waals surface area contributed by atoms with Crippen LogP contribution in [-0.2, 0) is 4.74 Å². The molecule has 0 amide bonds. The van der Waals surface area contributed by atoms with Crippen LogP contribution in [-0.4, -0.2) is 25.6 Å². The quantitative estimate of drug-likeness (QED) is 0.694. The van der Waals surface area contributed by atoms with E-state index in [-0.39, 0.29) is 18.0 Å². The predicted octanol–water partition coefficient (Wildman–Crippen LogP) is 3.02. The van der Waals surface area contributed by atoms with Gasteiger partial charge in [-0.1, -0.05) is 12.1 Å². The molecule has 23 heavy (non-hydrogen) atoms. The fourth-order valence-electron chi connectivity index (χ4n) is 2.63. The van der Waals surface area contributed by atoms with E-state index in [0.29, 0.717) is 6.54 Å². The van der Waals surface area contributed by atoms with Gasteiger partial charge in [-0.25, -0.2) is 0 Å². The molecule has 1 fully saturated rings. The Labute approximate surface area is 134 Å². The van der Waals surface area contributed by atoms with Crippen molar-refractivity contribution in [2.24, 2.45) is 0 Å². The van der Waals surface area contributed by atoms with Crippen molar-refractivity contribution in [1.29, 1.82) is 0 Å². The molecule has 6 heteroatoms. The minimum Gasteiger partial charge on any atom is -0.378 e. The number of hydrogen-bond acceptors (Lipinski definition) is 5. The average molecular weight is 313 g/mol. The zero-order chi connectivity index (χ0) is 16.4. The number of rotatable bonds is 4. The molecule has 6 nitrogen and oxygen atoms in total. The van der Waals surface area contributed by atoms with Gasteiger partial charge in [0.2, 0.25) is 0 Å². The van der Waals surface area contributed by atoms with Crippen molar-refractivity contribution in [3.8, 4) is 0 Å². The summed E-state index contributed by atoms with van der Waals surface area (Å²) in [6, 6.07) is 14.7. The molecule has 2 aromatic carbocycles. The molecule has 1 heterocycles. The zero-order valence-corrected chi connectivity index (χ0v) is 13.1. The van der Waals surface area contributed by atoms with Crippen molar-refractivity contribution < 1.29 is 9.66 Å². The Morgan fingerprint density at radius 1 is 1.09 bits per heavy atom. The van der Waals surface area contributed by atoms with E-state index in [1.54, 1.807) is 12.1 Å². The molecule has 0 aromatic heterocycles. The van der Waals surface area contributed by atoms with Gasteiger partial charge in [0.05, 0.1) is 11.0 Å². The fraction of sp³-hybridized carbons (Fsp3) is 0.294. The molecule has 1 aliphatic rings. The van der Waals surface area contributed by atoms with Gasteiger partial charge in [0, 0.05) is 38.5 Å². The van der Waals surface area contributed by atoms with Gasteiger partial charge >= 0.3 is 0 Å². The smallest absolute Gasteiger partial charge is 0.269 e. The topological polar surface area (TPSA) is 67.6 Å². The lowest BCUT2D eigenvalue weighted by Crippen LogP contribution is -2.14. The summed E-state index contributed by atoms with van der Waals surface area (Å²) < 4.78 is 6.04. The molecule has 0 radical (unpaired) electrons. The molecular weight excluding hydrogens is 294 g/mol. The van der Waals surface area contributed by atoms with Gasteiger partial charge in [0.1, 0.15) is 6.23 Å². The molecule has 1 saturated heterocycles. The van der Waals surface area contributed by atoms with Crippen molar-refractivity contribution >= 4 is 11.4 Å². The number of nitrogens with one attached hydrogen (secondary N) is 1. The lowest BCUT2D eigenvalue weighted by Gasteiger charge is -2.16. The number of non-ortho nitro benzene ring substituents is 1. The summed E-state index contributed by atoms with van der Waals surface area (Å²) in [5.74, 6) is 0. The minimum absolute atomic E-state index is 0.0931. The van der Waals surface area contributed by atoms with Crippen LogP contribution in [0.1, 0.15) is 23.5 Å². The van der Waals surface area contributed by atoms with Crippen LogP contribution in [0.4, 0.5) is 11.4 Å². The first-order valence-corrected chi connectivity index (χ1v) is 7.45. The maximum absolute atomic E-state index is 10.7. The van der Waals surface area contributed by atoms with Crippen LogP contribution in [0.2, 0.25) is 0 Å². The SMILES string of the molecule is CN(C)c1ccc([C@@H]2NC[C@H](c3ccc([N+](=O)[O-])cc3)O2)cc1. The molecule has 0 aliphatic carbocycles. The number of anilines is 1. The Morgan fingerprint density at radius 3 is 2.26 bits per heavy atom. The molecule has 0 bridgehead atoms. The van der Waals surface area contributed by atoms with Crippen LogP contribution in [0.3, 0.4) is 0 Å². The molecular formula is C17H19N3O3. The first-order valence-electron chi connectivity index (χ1n) is 7.45. The van der Waals surface area contributed by atoms with Crippen LogP contribution in [0.5, 0.6) is 0 Å². The summed E-state index contributed by atoms with van der Waals surface area (Å²) in [7, 11) is 4.01. The van der Waals surface area contributed by atoms with Gasteiger partial charge in [-0.15, -0.1) is 0 Å². The largest absolute Gasteiger partial charge is 0.378 e. The second-order valence-electron chi connectivity index (χ2n) is 5.75. The number of benzene rings is 2. The summed E-state index contributed by atoms with van der Waals surface area (Å²) in [6.45, 7) is 0.678. The van der Waals surface area contributed by atoms with Crippen LogP contribution < -0.4 is 10.2 Å². The Bertz CT molecular complexity index is 683. The van der Waals surface area contributed by atoms with Gasteiger partial charge in [-0.05, 0) is 35.4 Å². The van der Waals surface area contributed by atoms with Crippen molar-refractivity contribution in [3.05, 3.63) is 69.8 Å². The standard InChI is InChI=1S/C17H19N3O3/c1-19(2)14-7-5-13(6-8-14)17-18-11-16(23-17)12-3-9-15(10-4-12)20(21)22/h3-10,16-18H,11H2,1-2H3/t16-,17-/m1/s1. The summed E-state index contributed by atoms with van der Waals surface area (Å²) in [5.41, 5.74) is 3.24. The van der Waals surface area contributed by atoms with E-state index in [9.17, 15) is 10.1 Å². The second-order valence-corrected chi connectivity index (χ2v) is 5.75. The van der Waals surface area contributed by atoms with Gasteiger partial charge in [0.15, 0.2) is 0 Å². The Hall–Kier alpha value is -2.44. The third-order valence-corrected chi connectivity index (χ3v) is 3.98. The van der Waals surface area contributed by atoms with Crippen molar-refractivity contribution in [3.63, 3.8) is 0 Å². The summed E-state index contributed by atoms with van der Waals surface area (Å²) in [6.07, 6.45) is -0.263. The van der Waals surface area contributed by atoms with Crippen LogP contribution in [0.15, 0.2) is 48.5 Å². The van der Waals surface area contributed by atoms with E-state index in [2.05, 4.69) is 17.4 Å². The summed E-state index contributed by atoms with van der Waals surface area (Å²) in [5, 5.41) is 14.0. The molecule has 0 unspecified atom stereocenters. The van der Waals surface area contributed by atoms with Crippen LogP contribution >= 0.6 is 0 Å². The van der Waals surface area contributed by atoms with Gasteiger partial charge in [-0.3, -0.25) is 15.4 Å². The van der Waals surface area contributed by atoms with E-state index in [4.69, 9.17) is 4.74 Å². The van der Waals surface area contributed by atoms with Gasteiger partial charge in [-0.2, -0.15) is 0 Å². The number of nitro benzene ring substituents is 1. The van der Waals surface area contributed by atoms with E-state index in [1.165, 1.54) is 12.1 Å². The molecule has 0 saturated carbocycles. The molecule has 120 valence electrons. The Kier molecular flexibility index (Phi) is 4.27. The lowest BCUT2D eigenvalue weighted by molar-refractivity contribution is -0.384. The van der Waals surface area contributed by atoms with Gasteiger partial charge < -0.3 is 9.64 Å². The number of ether oxygens (including phenoxy) is 1. The summed E-state index contributed by atoms with van der Waals surface area (Å²) >= 11 is 0. The van der Waals surface area contributed by atoms with Gasteiger partial charge in [0.25, 0.3) is 5.69 Å². The third-order valence-electron chi connectivity index (χ3n) is 3.98. The normalized spacial score (nSPS) is 20.4.